The Morgan fingerprint density at radius 3 is 2.67 bits per heavy atom. The molecule has 0 spiro atoms. The zero-order chi connectivity index (χ0) is 10.7. The van der Waals surface area contributed by atoms with E-state index in [2.05, 4.69) is 5.32 Å². The highest BCUT2D eigenvalue weighted by Gasteiger charge is 2.33. The van der Waals surface area contributed by atoms with Gasteiger partial charge in [-0.25, -0.2) is 0 Å². The molecular formula is C11H15NO3. The minimum atomic E-state index is -0.587. The Morgan fingerprint density at radius 1 is 1.33 bits per heavy atom. The Kier molecular flexibility index (Phi) is 3.20. The van der Waals surface area contributed by atoms with Gasteiger partial charge in [0, 0.05) is 12.1 Å². The molecular weight excluding hydrogens is 194 g/mol. The van der Waals surface area contributed by atoms with Gasteiger partial charge in [0.1, 0.15) is 12.3 Å². The quantitative estimate of drug-likeness (QED) is 0.681. The van der Waals surface area contributed by atoms with Crippen LogP contribution < -0.4 is 5.32 Å². The van der Waals surface area contributed by atoms with E-state index in [0.717, 1.165) is 5.69 Å². The minimum Gasteiger partial charge on any atom is -0.394 e. The van der Waals surface area contributed by atoms with Crippen LogP contribution in [-0.2, 0) is 4.74 Å². The van der Waals surface area contributed by atoms with Crippen LogP contribution in [0.4, 0.5) is 5.69 Å². The maximum Gasteiger partial charge on any atom is 0.130 e. The van der Waals surface area contributed by atoms with Crippen molar-refractivity contribution in [3.63, 3.8) is 0 Å². The van der Waals surface area contributed by atoms with Gasteiger partial charge in [0.15, 0.2) is 0 Å². The number of aliphatic hydroxyl groups excluding tert-OH is 2. The summed E-state index contributed by atoms with van der Waals surface area (Å²) in [5, 5.41) is 21.6. The molecule has 0 bridgehead atoms. The lowest BCUT2D eigenvalue weighted by atomic mass is 10.2. The Balaban J connectivity index is 1.92. The molecule has 1 aromatic carbocycles. The average molecular weight is 209 g/mol. The monoisotopic (exact) mass is 209 g/mol. The molecule has 1 heterocycles. The van der Waals surface area contributed by atoms with E-state index in [1.54, 1.807) is 0 Å². The number of anilines is 1. The van der Waals surface area contributed by atoms with Crippen LogP contribution in [0.15, 0.2) is 30.3 Å². The average Bonchev–Trinajstić information content (AvgIpc) is 2.60. The number of para-hydroxylation sites is 1. The van der Waals surface area contributed by atoms with Gasteiger partial charge in [-0.05, 0) is 12.1 Å². The number of aliphatic hydroxyl groups is 2. The van der Waals surface area contributed by atoms with E-state index >= 15 is 0 Å². The topological polar surface area (TPSA) is 61.7 Å². The molecule has 1 fully saturated rings. The smallest absolute Gasteiger partial charge is 0.130 e. The number of benzene rings is 1. The Hall–Kier alpha value is -1.10. The maximum atomic E-state index is 9.51. The number of rotatable bonds is 3. The molecule has 3 atom stereocenters. The molecule has 1 aliphatic heterocycles. The first-order chi connectivity index (χ1) is 7.29. The lowest BCUT2D eigenvalue weighted by Crippen LogP contribution is -2.25. The SMILES string of the molecule is OCC1OC(Nc2ccccc2)CC1O. The molecule has 0 saturated carbocycles. The molecule has 1 aliphatic rings. The second kappa shape index (κ2) is 4.61. The van der Waals surface area contributed by atoms with E-state index < -0.39 is 12.2 Å². The number of ether oxygens (including phenoxy) is 1. The van der Waals surface area contributed by atoms with Crippen molar-refractivity contribution in [2.75, 3.05) is 11.9 Å². The van der Waals surface area contributed by atoms with Gasteiger partial charge in [0.2, 0.25) is 0 Å². The molecule has 1 saturated heterocycles. The normalized spacial score (nSPS) is 30.4. The van der Waals surface area contributed by atoms with Crippen LogP contribution >= 0.6 is 0 Å². The fourth-order valence-corrected chi connectivity index (χ4v) is 1.71. The van der Waals surface area contributed by atoms with Crippen LogP contribution in [-0.4, -0.2) is 35.3 Å². The fourth-order valence-electron chi connectivity index (χ4n) is 1.71. The highest BCUT2D eigenvalue weighted by atomic mass is 16.5. The Bertz CT molecular complexity index is 304. The lowest BCUT2D eigenvalue weighted by Gasteiger charge is -2.14. The van der Waals surface area contributed by atoms with E-state index in [1.165, 1.54) is 0 Å². The highest BCUT2D eigenvalue weighted by Crippen LogP contribution is 2.21. The summed E-state index contributed by atoms with van der Waals surface area (Å²) >= 11 is 0. The van der Waals surface area contributed by atoms with Crippen molar-refractivity contribution in [3.05, 3.63) is 30.3 Å². The van der Waals surface area contributed by atoms with E-state index in [4.69, 9.17) is 9.84 Å². The lowest BCUT2D eigenvalue weighted by molar-refractivity contribution is -0.0149. The molecule has 0 amide bonds. The standard InChI is InChI=1S/C11H15NO3/c13-7-10-9(14)6-11(15-10)12-8-4-2-1-3-5-8/h1-5,9-14H,6-7H2. The third-order valence-corrected chi connectivity index (χ3v) is 2.51. The van der Waals surface area contributed by atoms with Crippen molar-refractivity contribution >= 4 is 5.69 Å². The van der Waals surface area contributed by atoms with Gasteiger partial charge in [-0.3, -0.25) is 0 Å². The van der Waals surface area contributed by atoms with Crippen molar-refractivity contribution in [1.82, 2.24) is 0 Å². The fraction of sp³-hybridized carbons (Fsp3) is 0.455. The summed E-state index contributed by atoms with van der Waals surface area (Å²) in [6.45, 7) is -0.145. The molecule has 0 radical (unpaired) electrons. The molecule has 82 valence electrons. The van der Waals surface area contributed by atoms with Crippen LogP contribution in [0.2, 0.25) is 0 Å². The molecule has 15 heavy (non-hydrogen) atoms. The second-order valence-electron chi connectivity index (χ2n) is 3.66. The summed E-state index contributed by atoms with van der Waals surface area (Å²) in [4.78, 5) is 0. The van der Waals surface area contributed by atoms with Gasteiger partial charge in [-0.15, -0.1) is 0 Å². The van der Waals surface area contributed by atoms with Crippen LogP contribution in [0.3, 0.4) is 0 Å². The molecule has 0 aliphatic carbocycles. The third-order valence-electron chi connectivity index (χ3n) is 2.51. The summed E-state index contributed by atoms with van der Waals surface area (Å²) in [5.41, 5.74) is 0.952. The Labute approximate surface area is 88.5 Å². The minimum absolute atomic E-state index is 0.145. The predicted octanol–water partition coefficient (Wildman–Crippen LogP) is 0.567. The van der Waals surface area contributed by atoms with Crippen molar-refractivity contribution in [1.29, 1.82) is 0 Å². The zero-order valence-corrected chi connectivity index (χ0v) is 8.34. The molecule has 3 unspecified atom stereocenters. The van der Waals surface area contributed by atoms with Crippen molar-refractivity contribution in [2.24, 2.45) is 0 Å². The molecule has 3 N–H and O–H groups in total. The van der Waals surface area contributed by atoms with Gasteiger partial charge >= 0.3 is 0 Å². The molecule has 2 rings (SSSR count). The summed E-state index contributed by atoms with van der Waals surface area (Å²) in [5.74, 6) is 0. The van der Waals surface area contributed by atoms with Crippen LogP contribution in [0.1, 0.15) is 6.42 Å². The summed E-state index contributed by atoms with van der Waals surface area (Å²) in [6.07, 6.45) is -0.776. The summed E-state index contributed by atoms with van der Waals surface area (Å²) in [7, 11) is 0. The van der Waals surface area contributed by atoms with Gasteiger partial charge in [0.05, 0.1) is 12.7 Å². The van der Waals surface area contributed by atoms with Gasteiger partial charge < -0.3 is 20.3 Å². The predicted molar refractivity (Wildman–Crippen MR) is 56.4 cm³/mol. The number of hydrogen-bond acceptors (Lipinski definition) is 4. The molecule has 1 aromatic rings. The summed E-state index contributed by atoms with van der Waals surface area (Å²) < 4.78 is 5.42. The van der Waals surface area contributed by atoms with E-state index in [1.807, 2.05) is 30.3 Å². The van der Waals surface area contributed by atoms with Crippen LogP contribution in [0, 0.1) is 0 Å². The summed E-state index contributed by atoms with van der Waals surface area (Å²) in [6, 6.07) is 9.66. The largest absolute Gasteiger partial charge is 0.394 e. The van der Waals surface area contributed by atoms with Gasteiger partial charge in [-0.2, -0.15) is 0 Å². The van der Waals surface area contributed by atoms with Gasteiger partial charge in [0.25, 0.3) is 0 Å². The maximum absolute atomic E-state index is 9.51. The van der Waals surface area contributed by atoms with Crippen LogP contribution in [0.25, 0.3) is 0 Å². The van der Waals surface area contributed by atoms with Crippen molar-refractivity contribution in [2.45, 2.75) is 24.9 Å². The highest BCUT2D eigenvalue weighted by molar-refractivity contribution is 5.43. The van der Waals surface area contributed by atoms with E-state index in [9.17, 15) is 5.11 Å². The molecule has 4 heteroatoms. The molecule has 4 nitrogen and oxygen atoms in total. The Morgan fingerprint density at radius 2 is 2.07 bits per heavy atom. The first-order valence-electron chi connectivity index (χ1n) is 5.05. The van der Waals surface area contributed by atoms with E-state index in [-0.39, 0.29) is 12.8 Å². The number of hydrogen-bond donors (Lipinski definition) is 3. The number of nitrogens with one attached hydrogen (secondary N) is 1. The van der Waals surface area contributed by atoms with Gasteiger partial charge in [-0.1, -0.05) is 18.2 Å². The third kappa shape index (κ3) is 2.47. The zero-order valence-electron chi connectivity index (χ0n) is 8.34. The molecule has 0 aromatic heterocycles. The second-order valence-corrected chi connectivity index (χ2v) is 3.66. The first-order valence-corrected chi connectivity index (χ1v) is 5.05. The first kappa shape index (κ1) is 10.4. The van der Waals surface area contributed by atoms with Crippen molar-refractivity contribution < 1.29 is 14.9 Å². The van der Waals surface area contributed by atoms with E-state index in [0.29, 0.717) is 6.42 Å². The van der Waals surface area contributed by atoms with Crippen molar-refractivity contribution in [3.8, 4) is 0 Å². The van der Waals surface area contributed by atoms with Crippen LogP contribution in [0.5, 0.6) is 0 Å².